The molecule has 0 bridgehead atoms. The number of carbonyl (C=O) groups excluding carboxylic acids is 1. The highest BCUT2D eigenvalue weighted by atomic mass is 19.3. The van der Waals surface area contributed by atoms with Crippen molar-refractivity contribution in [2.45, 2.75) is 38.8 Å². The standard InChI is InChI=1S/C26H27F3N4O2/c1-15(20-5-4-6-21(23(20)27)24(28)29)11-31-26(34)22-10-18(13-33-12-16(2)32-25(22)33)17-7-8-30-19(9-17)14-35-3/h4-10,13,15-16,24H,11-12,14H2,1-3H3,(H,31,34)/t15-,16+/m0/s1. The molecule has 6 nitrogen and oxygen atoms in total. The number of nitrogens with zero attached hydrogens (tertiary/aromatic N) is 3. The number of nitrogens with one attached hydrogen (secondary N) is 1. The molecule has 0 radical (unpaired) electrons. The highest BCUT2D eigenvalue weighted by Gasteiger charge is 2.31. The molecule has 0 aliphatic carbocycles. The summed E-state index contributed by atoms with van der Waals surface area (Å²) in [6.07, 6.45) is 2.52. The number of rotatable bonds is 8. The molecule has 0 unspecified atom stereocenters. The largest absolute Gasteiger partial charge is 0.378 e. The smallest absolute Gasteiger partial charge is 0.266 e. The molecular weight excluding hydrogens is 457 g/mol. The number of aromatic nitrogens is 1. The number of amides is 1. The van der Waals surface area contributed by atoms with Crippen molar-refractivity contribution in [2.75, 3.05) is 20.2 Å². The predicted octanol–water partition coefficient (Wildman–Crippen LogP) is 4.61. The zero-order valence-corrected chi connectivity index (χ0v) is 19.8. The number of benzene rings is 1. The molecular formula is C26H27F3N4O2. The minimum absolute atomic E-state index is 0.0170. The van der Waals surface area contributed by atoms with E-state index in [2.05, 4.69) is 15.3 Å². The second kappa shape index (κ2) is 10.4. The van der Waals surface area contributed by atoms with Gasteiger partial charge in [-0.1, -0.05) is 25.1 Å². The van der Waals surface area contributed by atoms with Crippen molar-refractivity contribution in [3.05, 3.63) is 82.6 Å². The molecule has 1 amide bonds. The Hall–Kier alpha value is -3.46. The second-order valence-electron chi connectivity index (χ2n) is 8.73. The minimum atomic E-state index is -2.90. The molecule has 3 heterocycles. The molecule has 4 rings (SSSR count). The number of hydrogen-bond acceptors (Lipinski definition) is 5. The number of methoxy groups -OCH3 is 1. The van der Waals surface area contributed by atoms with E-state index in [0.717, 1.165) is 22.9 Å². The van der Waals surface area contributed by atoms with Crippen molar-refractivity contribution in [2.24, 2.45) is 4.99 Å². The first-order chi connectivity index (χ1) is 16.8. The molecule has 2 aromatic rings. The van der Waals surface area contributed by atoms with Crippen LogP contribution < -0.4 is 5.32 Å². The molecule has 1 aromatic heterocycles. The van der Waals surface area contributed by atoms with E-state index >= 15 is 0 Å². The molecule has 0 saturated heterocycles. The van der Waals surface area contributed by atoms with Crippen molar-refractivity contribution in [3.63, 3.8) is 0 Å². The van der Waals surface area contributed by atoms with Crippen LogP contribution in [-0.4, -0.2) is 47.9 Å². The number of alkyl halides is 2. The minimum Gasteiger partial charge on any atom is -0.378 e. The molecule has 0 fully saturated rings. The molecule has 2 atom stereocenters. The Kier molecular flexibility index (Phi) is 7.35. The maximum atomic E-state index is 14.5. The van der Waals surface area contributed by atoms with Crippen LogP contribution in [0, 0.1) is 5.82 Å². The summed E-state index contributed by atoms with van der Waals surface area (Å²) >= 11 is 0. The summed E-state index contributed by atoms with van der Waals surface area (Å²) in [5.74, 6) is -1.23. The van der Waals surface area contributed by atoms with Gasteiger partial charge in [0.15, 0.2) is 0 Å². The molecule has 35 heavy (non-hydrogen) atoms. The van der Waals surface area contributed by atoms with E-state index in [9.17, 15) is 18.0 Å². The monoisotopic (exact) mass is 484 g/mol. The summed E-state index contributed by atoms with van der Waals surface area (Å²) in [4.78, 5) is 24.1. The zero-order valence-electron chi connectivity index (χ0n) is 19.8. The highest BCUT2D eigenvalue weighted by molar-refractivity contribution is 6.24. The first kappa shape index (κ1) is 24.7. The first-order valence-corrected chi connectivity index (χ1v) is 11.4. The highest BCUT2D eigenvalue weighted by Crippen LogP contribution is 2.30. The Labute approximate surface area is 202 Å². The lowest BCUT2D eigenvalue weighted by atomic mass is 9.97. The van der Waals surface area contributed by atoms with Gasteiger partial charge in [-0.2, -0.15) is 0 Å². The van der Waals surface area contributed by atoms with E-state index in [1.807, 2.05) is 30.2 Å². The Morgan fingerprint density at radius 1 is 1.29 bits per heavy atom. The lowest BCUT2D eigenvalue weighted by Crippen LogP contribution is -2.37. The molecule has 9 heteroatoms. The van der Waals surface area contributed by atoms with Gasteiger partial charge >= 0.3 is 0 Å². The van der Waals surface area contributed by atoms with Crippen molar-refractivity contribution in [1.29, 1.82) is 0 Å². The van der Waals surface area contributed by atoms with E-state index < -0.39 is 23.7 Å². The Morgan fingerprint density at radius 3 is 2.80 bits per heavy atom. The lowest BCUT2D eigenvalue weighted by Gasteiger charge is -2.24. The first-order valence-electron chi connectivity index (χ1n) is 11.4. The number of fused-ring (bicyclic) bond motifs is 1. The molecule has 184 valence electrons. The van der Waals surface area contributed by atoms with Crippen LogP contribution in [0.2, 0.25) is 0 Å². The summed E-state index contributed by atoms with van der Waals surface area (Å²) in [5.41, 5.74) is 2.37. The molecule has 0 spiro atoms. The van der Waals surface area contributed by atoms with E-state index in [-0.39, 0.29) is 24.1 Å². The fourth-order valence-corrected chi connectivity index (χ4v) is 4.24. The Bertz CT molecular complexity index is 1210. The SMILES string of the molecule is COCc1cc(C2=CN3C[C@@H](C)N=C3C(C(=O)NC[C@H](C)c3cccc(C(F)F)c3F)=C2)ccn1. The summed E-state index contributed by atoms with van der Waals surface area (Å²) in [5, 5.41) is 2.83. The van der Waals surface area contributed by atoms with Gasteiger partial charge in [0.2, 0.25) is 0 Å². The fourth-order valence-electron chi connectivity index (χ4n) is 4.24. The van der Waals surface area contributed by atoms with Crippen molar-refractivity contribution < 1.29 is 22.7 Å². The normalized spacial score (nSPS) is 18.1. The van der Waals surface area contributed by atoms with Gasteiger partial charge in [0.05, 0.1) is 29.5 Å². The van der Waals surface area contributed by atoms with Crippen LogP contribution in [-0.2, 0) is 16.1 Å². The number of aliphatic imine (C=N–C) groups is 1. The van der Waals surface area contributed by atoms with Gasteiger partial charge < -0.3 is 15.0 Å². The summed E-state index contributed by atoms with van der Waals surface area (Å²) in [6, 6.07) is 7.72. The van der Waals surface area contributed by atoms with E-state index in [1.54, 1.807) is 26.3 Å². The number of allylic oxidation sites excluding steroid dienone is 2. The molecule has 1 aromatic carbocycles. The maximum Gasteiger partial charge on any atom is 0.266 e. The third-order valence-corrected chi connectivity index (χ3v) is 5.99. The number of ether oxygens (including phenoxy) is 1. The number of halogens is 3. The van der Waals surface area contributed by atoms with Crippen LogP contribution in [0.25, 0.3) is 5.57 Å². The van der Waals surface area contributed by atoms with E-state index in [0.29, 0.717) is 24.6 Å². The van der Waals surface area contributed by atoms with Gasteiger partial charge in [-0.05, 0) is 41.8 Å². The van der Waals surface area contributed by atoms with Gasteiger partial charge in [0.1, 0.15) is 11.7 Å². The third kappa shape index (κ3) is 5.30. The molecule has 2 aliphatic rings. The van der Waals surface area contributed by atoms with Crippen LogP contribution in [0.1, 0.15) is 48.6 Å². The van der Waals surface area contributed by atoms with Crippen LogP contribution in [0.3, 0.4) is 0 Å². The number of amidine groups is 1. The average Bonchev–Trinajstić information content (AvgIpc) is 3.22. The van der Waals surface area contributed by atoms with Crippen molar-refractivity contribution in [1.82, 2.24) is 15.2 Å². The summed E-state index contributed by atoms with van der Waals surface area (Å²) < 4.78 is 45.9. The molecule has 1 N–H and O–H groups in total. The third-order valence-electron chi connectivity index (χ3n) is 5.99. The second-order valence-corrected chi connectivity index (χ2v) is 8.73. The van der Waals surface area contributed by atoms with Gasteiger partial charge in [-0.3, -0.25) is 14.8 Å². The van der Waals surface area contributed by atoms with Crippen LogP contribution in [0.15, 0.2) is 59.4 Å². The van der Waals surface area contributed by atoms with Crippen molar-refractivity contribution >= 4 is 17.3 Å². The zero-order chi connectivity index (χ0) is 25.1. The average molecular weight is 485 g/mol. The summed E-state index contributed by atoms with van der Waals surface area (Å²) in [7, 11) is 1.60. The molecule has 2 aliphatic heterocycles. The van der Waals surface area contributed by atoms with Gasteiger partial charge in [0.25, 0.3) is 12.3 Å². The summed E-state index contributed by atoms with van der Waals surface area (Å²) in [6.45, 7) is 4.74. The van der Waals surface area contributed by atoms with E-state index in [1.165, 1.54) is 12.1 Å². The van der Waals surface area contributed by atoms with Crippen LogP contribution in [0.5, 0.6) is 0 Å². The number of hydrogen-bond donors (Lipinski definition) is 1. The lowest BCUT2D eigenvalue weighted by molar-refractivity contribution is -0.117. The van der Waals surface area contributed by atoms with Crippen molar-refractivity contribution in [3.8, 4) is 0 Å². The molecule has 0 saturated carbocycles. The quantitative estimate of drug-likeness (QED) is 0.595. The van der Waals surface area contributed by atoms with Gasteiger partial charge in [-0.25, -0.2) is 13.2 Å². The van der Waals surface area contributed by atoms with Gasteiger partial charge in [-0.15, -0.1) is 0 Å². The number of carbonyl (C=O) groups is 1. The predicted molar refractivity (Wildman–Crippen MR) is 127 cm³/mol. The van der Waals surface area contributed by atoms with Crippen LogP contribution in [0.4, 0.5) is 13.2 Å². The van der Waals surface area contributed by atoms with E-state index in [4.69, 9.17) is 4.74 Å². The number of pyridine rings is 1. The Morgan fingerprint density at radius 2 is 2.06 bits per heavy atom. The Balaban J connectivity index is 1.56. The topological polar surface area (TPSA) is 66.8 Å². The van der Waals surface area contributed by atoms with Gasteiger partial charge in [0, 0.05) is 38.5 Å². The maximum absolute atomic E-state index is 14.5. The van der Waals surface area contributed by atoms with Crippen LogP contribution >= 0.6 is 0 Å². The fraction of sp³-hybridized carbons (Fsp3) is 0.346.